The number of hydrogen-bond donors (Lipinski definition) is 2. The number of nitrogens with one attached hydrogen (secondary N) is 2. The lowest BCUT2D eigenvalue weighted by atomic mass is 10.2. The van der Waals surface area contributed by atoms with Crippen LogP contribution in [0.25, 0.3) is 0 Å². The molecule has 0 aliphatic carbocycles. The highest BCUT2D eigenvalue weighted by atomic mass is 16.5. The second-order valence-corrected chi connectivity index (χ2v) is 5.75. The Hall–Kier alpha value is -2.40. The smallest absolute Gasteiger partial charge is 0.253 e. The average Bonchev–Trinajstić information content (AvgIpc) is 3.08. The number of pyridine rings is 1. The lowest BCUT2D eigenvalue weighted by Crippen LogP contribution is -2.31. The molecular weight excluding hydrogens is 290 g/mol. The number of aryl methyl sites for hydroxylation is 1. The summed E-state index contributed by atoms with van der Waals surface area (Å²) in [5, 5.41) is 6.21. The molecule has 1 aliphatic heterocycles. The molecule has 120 valence electrons. The van der Waals surface area contributed by atoms with Crippen molar-refractivity contribution in [3.05, 3.63) is 53.9 Å². The van der Waals surface area contributed by atoms with E-state index in [1.54, 1.807) is 12.4 Å². The van der Waals surface area contributed by atoms with Gasteiger partial charge in [0.1, 0.15) is 0 Å². The second kappa shape index (κ2) is 7.24. The normalized spacial score (nSPS) is 17.0. The zero-order valence-electron chi connectivity index (χ0n) is 13.2. The number of carbonyl (C=O) groups is 1. The fraction of sp³-hybridized carbons (Fsp3) is 0.333. The summed E-state index contributed by atoms with van der Waals surface area (Å²) < 4.78 is 5.51. The third-order valence-electron chi connectivity index (χ3n) is 3.94. The van der Waals surface area contributed by atoms with Gasteiger partial charge in [-0.15, -0.1) is 0 Å². The Bertz CT molecular complexity index is 681. The van der Waals surface area contributed by atoms with Gasteiger partial charge in [0.15, 0.2) is 0 Å². The van der Waals surface area contributed by atoms with Gasteiger partial charge in [-0.3, -0.25) is 9.78 Å². The molecule has 1 unspecified atom stereocenters. The van der Waals surface area contributed by atoms with Crippen molar-refractivity contribution in [2.75, 3.05) is 18.5 Å². The summed E-state index contributed by atoms with van der Waals surface area (Å²) >= 11 is 0. The molecule has 2 aromatic rings. The van der Waals surface area contributed by atoms with Gasteiger partial charge in [-0.1, -0.05) is 18.2 Å². The van der Waals surface area contributed by atoms with Crippen LogP contribution in [-0.2, 0) is 4.74 Å². The van der Waals surface area contributed by atoms with E-state index in [4.69, 9.17) is 4.74 Å². The number of para-hydroxylation sites is 1. The number of anilines is 2. The number of carbonyl (C=O) groups excluding carboxylic acids is 1. The first-order valence-electron chi connectivity index (χ1n) is 7.90. The van der Waals surface area contributed by atoms with E-state index in [0.717, 1.165) is 36.4 Å². The van der Waals surface area contributed by atoms with E-state index in [1.165, 1.54) is 0 Å². The van der Waals surface area contributed by atoms with Crippen LogP contribution in [0.4, 0.5) is 11.4 Å². The van der Waals surface area contributed by atoms with E-state index in [1.807, 2.05) is 37.3 Å². The Kier molecular flexibility index (Phi) is 4.88. The third kappa shape index (κ3) is 4.07. The molecule has 3 rings (SSSR count). The highest BCUT2D eigenvalue weighted by Gasteiger charge is 2.16. The van der Waals surface area contributed by atoms with E-state index in [0.29, 0.717) is 12.1 Å². The van der Waals surface area contributed by atoms with E-state index < -0.39 is 0 Å². The summed E-state index contributed by atoms with van der Waals surface area (Å²) in [6, 6.07) is 9.81. The highest BCUT2D eigenvalue weighted by molar-refractivity contribution is 5.94. The monoisotopic (exact) mass is 311 g/mol. The minimum absolute atomic E-state index is 0.124. The quantitative estimate of drug-likeness (QED) is 0.891. The van der Waals surface area contributed by atoms with E-state index in [-0.39, 0.29) is 12.0 Å². The fourth-order valence-corrected chi connectivity index (χ4v) is 2.62. The van der Waals surface area contributed by atoms with Gasteiger partial charge in [0.2, 0.25) is 0 Å². The van der Waals surface area contributed by atoms with Gasteiger partial charge in [0, 0.05) is 25.0 Å². The van der Waals surface area contributed by atoms with Crippen LogP contribution in [0, 0.1) is 6.92 Å². The van der Waals surface area contributed by atoms with Gasteiger partial charge < -0.3 is 15.4 Å². The molecule has 2 heterocycles. The van der Waals surface area contributed by atoms with Gasteiger partial charge in [-0.2, -0.15) is 0 Å². The van der Waals surface area contributed by atoms with Crippen LogP contribution in [0.3, 0.4) is 0 Å². The molecule has 0 spiro atoms. The number of rotatable bonds is 5. The summed E-state index contributed by atoms with van der Waals surface area (Å²) in [6.45, 7) is 3.38. The number of aromatic nitrogens is 1. The summed E-state index contributed by atoms with van der Waals surface area (Å²) in [5.74, 6) is -0.124. The van der Waals surface area contributed by atoms with Crippen molar-refractivity contribution in [2.45, 2.75) is 25.9 Å². The lowest BCUT2D eigenvalue weighted by Gasteiger charge is -2.12. The number of benzene rings is 1. The van der Waals surface area contributed by atoms with Crippen molar-refractivity contribution in [1.29, 1.82) is 0 Å². The SMILES string of the molecule is Cc1ccccc1Nc1cncc(C(=O)NCC2CCCO2)c1. The topological polar surface area (TPSA) is 63.2 Å². The van der Waals surface area contributed by atoms with Crippen molar-refractivity contribution in [2.24, 2.45) is 0 Å². The Morgan fingerprint density at radius 1 is 1.35 bits per heavy atom. The van der Waals surface area contributed by atoms with E-state index in [2.05, 4.69) is 15.6 Å². The Morgan fingerprint density at radius 2 is 2.22 bits per heavy atom. The van der Waals surface area contributed by atoms with Crippen molar-refractivity contribution in [3.8, 4) is 0 Å². The number of hydrogen-bond acceptors (Lipinski definition) is 4. The molecule has 1 aromatic carbocycles. The first-order chi connectivity index (χ1) is 11.2. The molecule has 1 fully saturated rings. The maximum absolute atomic E-state index is 12.2. The third-order valence-corrected chi connectivity index (χ3v) is 3.94. The molecular formula is C18H21N3O2. The van der Waals surface area contributed by atoms with Crippen molar-refractivity contribution in [3.63, 3.8) is 0 Å². The zero-order valence-corrected chi connectivity index (χ0v) is 13.2. The fourth-order valence-electron chi connectivity index (χ4n) is 2.62. The van der Waals surface area contributed by atoms with Gasteiger partial charge in [0.05, 0.1) is 23.6 Å². The lowest BCUT2D eigenvalue weighted by molar-refractivity contribution is 0.0857. The van der Waals surface area contributed by atoms with Crippen LogP contribution in [-0.4, -0.2) is 30.1 Å². The second-order valence-electron chi connectivity index (χ2n) is 5.75. The molecule has 1 aliphatic rings. The van der Waals surface area contributed by atoms with Crippen LogP contribution >= 0.6 is 0 Å². The van der Waals surface area contributed by atoms with Crippen molar-refractivity contribution >= 4 is 17.3 Å². The van der Waals surface area contributed by atoms with Gasteiger partial charge in [0.25, 0.3) is 5.91 Å². The van der Waals surface area contributed by atoms with Crippen LogP contribution in [0.2, 0.25) is 0 Å². The Morgan fingerprint density at radius 3 is 3.00 bits per heavy atom. The van der Waals surface area contributed by atoms with Crippen LogP contribution in [0.1, 0.15) is 28.8 Å². The van der Waals surface area contributed by atoms with Gasteiger partial charge in [-0.25, -0.2) is 0 Å². The number of ether oxygens (including phenoxy) is 1. The molecule has 23 heavy (non-hydrogen) atoms. The average molecular weight is 311 g/mol. The van der Waals surface area contributed by atoms with Crippen LogP contribution in [0.5, 0.6) is 0 Å². The van der Waals surface area contributed by atoms with Gasteiger partial charge >= 0.3 is 0 Å². The Labute approximate surface area is 136 Å². The van der Waals surface area contributed by atoms with Crippen molar-refractivity contribution < 1.29 is 9.53 Å². The standard InChI is InChI=1S/C18H21N3O2/c1-13-5-2-3-7-17(13)21-15-9-14(10-19-11-15)18(22)20-12-16-6-4-8-23-16/h2-3,5,7,9-11,16,21H,4,6,8,12H2,1H3,(H,20,22). The predicted octanol–water partition coefficient (Wildman–Crippen LogP) is 3.04. The first kappa shape index (κ1) is 15.5. The molecule has 0 bridgehead atoms. The van der Waals surface area contributed by atoms with Crippen molar-refractivity contribution in [1.82, 2.24) is 10.3 Å². The molecule has 2 N–H and O–H groups in total. The molecule has 1 saturated heterocycles. The number of amides is 1. The predicted molar refractivity (Wildman–Crippen MR) is 90.0 cm³/mol. The minimum atomic E-state index is -0.124. The molecule has 5 heteroatoms. The van der Waals surface area contributed by atoms with Crippen LogP contribution in [0.15, 0.2) is 42.7 Å². The first-order valence-corrected chi connectivity index (χ1v) is 7.90. The summed E-state index contributed by atoms with van der Waals surface area (Å²) in [4.78, 5) is 16.4. The van der Waals surface area contributed by atoms with Gasteiger partial charge in [-0.05, 0) is 37.5 Å². The Balaban J connectivity index is 1.64. The molecule has 0 saturated carbocycles. The molecule has 5 nitrogen and oxygen atoms in total. The van der Waals surface area contributed by atoms with E-state index in [9.17, 15) is 4.79 Å². The summed E-state index contributed by atoms with van der Waals surface area (Å²) in [7, 11) is 0. The largest absolute Gasteiger partial charge is 0.376 e. The molecule has 1 aromatic heterocycles. The maximum atomic E-state index is 12.2. The summed E-state index contributed by atoms with van der Waals surface area (Å²) in [5.41, 5.74) is 3.48. The minimum Gasteiger partial charge on any atom is -0.376 e. The van der Waals surface area contributed by atoms with Crippen LogP contribution < -0.4 is 10.6 Å². The van der Waals surface area contributed by atoms with E-state index >= 15 is 0 Å². The molecule has 0 radical (unpaired) electrons. The number of nitrogens with zero attached hydrogens (tertiary/aromatic N) is 1. The molecule has 1 atom stereocenters. The summed E-state index contributed by atoms with van der Waals surface area (Å²) in [6.07, 6.45) is 5.50. The highest BCUT2D eigenvalue weighted by Crippen LogP contribution is 2.20. The maximum Gasteiger partial charge on any atom is 0.253 e. The molecule has 1 amide bonds. The zero-order chi connectivity index (χ0) is 16.1.